The van der Waals surface area contributed by atoms with Crippen molar-refractivity contribution in [2.75, 3.05) is 4.90 Å². The first kappa shape index (κ1) is 23.3. The highest BCUT2D eigenvalue weighted by atomic mass is 32.1. The average molecular weight is 481 g/mol. The third-order valence-electron chi connectivity index (χ3n) is 6.97. The maximum absolute atomic E-state index is 5.95. The summed E-state index contributed by atoms with van der Waals surface area (Å²) in [5.74, 6) is 0. The van der Waals surface area contributed by atoms with Crippen LogP contribution in [0.2, 0.25) is 0 Å². The molecule has 35 heavy (non-hydrogen) atoms. The van der Waals surface area contributed by atoms with Crippen molar-refractivity contribution in [1.82, 2.24) is 14.9 Å². The minimum absolute atomic E-state index is 0.0199. The van der Waals surface area contributed by atoms with Gasteiger partial charge in [-0.3, -0.25) is 4.98 Å². The highest BCUT2D eigenvalue weighted by molar-refractivity contribution is 7.80. The molecule has 178 valence electrons. The van der Waals surface area contributed by atoms with E-state index in [1.165, 1.54) is 39.3 Å². The zero-order valence-corrected chi connectivity index (χ0v) is 21.9. The fourth-order valence-corrected chi connectivity index (χ4v) is 5.75. The van der Waals surface area contributed by atoms with E-state index in [4.69, 9.17) is 17.2 Å². The summed E-state index contributed by atoms with van der Waals surface area (Å²) in [6, 6.07) is 23.8. The number of benzene rings is 2. The highest BCUT2D eigenvalue weighted by Crippen LogP contribution is 2.44. The topological polar surface area (TPSA) is 33.1 Å². The predicted molar refractivity (Wildman–Crippen MR) is 148 cm³/mol. The number of nitrogens with one attached hydrogen (secondary N) is 1. The molecule has 1 aliphatic rings. The Balaban J connectivity index is 1.67. The van der Waals surface area contributed by atoms with E-state index in [0.29, 0.717) is 0 Å². The highest BCUT2D eigenvalue weighted by Gasteiger charge is 2.42. The van der Waals surface area contributed by atoms with Gasteiger partial charge in [0.15, 0.2) is 5.11 Å². The first-order valence-corrected chi connectivity index (χ1v) is 12.6. The van der Waals surface area contributed by atoms with Gasteiger partial charge in [-0.1, -0.05) is 31.2 Å². The lowest BCUT2D eigenvalue weighted by Crippen LogP contribution is -2.29. The van der Waals surface area contributed by atoms with Gasteiger partial charge in [0.25, 0.3) is 0 Å². The second-order valence-corrected chi connectivity index (χ2v) is 9.91. The third-order valence-corrected chi connectivity index (χ3v) is 7.29. The molecule has 5 rings (SSSR count). The van der Waals surface area contributed by atoms with Crippen molar-refractivity contribution in [3.63, 3.8) is 0 Å². The lowest BCUT2D eigenvalue weighted by Gasteiger charge is -2.29. The lowest BCUT2D eigenvalue weighted by molar-refractivity contribution is 0.565. The van der Waals surface area contributed by atoms with Crippen LogP contribution in [0, 0.1) is 27.7 Å². The average Bonchev–Trinajstić information content (AvgIpc) is 3.34. The number of pyridine rings is 1. The van der Waals surface area contributed by atoms with E-state index < -0.39 is 0 Å². The van der Waals surface area contributed by atoms with Crippen LogP contribution in [0.15, 0.2) is 72.9 Å². The van der Waals surface area contributed by atoms with Gasteiger partial charge >= 0.3 is 0 Å². The number of anilines is 1. The Bertz CT molecular complexity index is 1350. The molecule has 0 aliphatic carbocycles. The van der Waals surface area contributed by atoms with Gasteiger partial charge in [0.1, 0.15) is 0 Å². The molecule has 4 aromatic rings. The van der Waals surface area contributed by atoms with E-state index in [-0.39, 0.29) is 12.1 Å². The molecular formula is C30H32N4S. The molecule has 0 amide bonds. The minimum Gasteiger partial charge on any atom is -0.351 e. The smallest absolute Gasteiger partial charge is 0.174 e. The largest absolute Gasteiger partial charge is 0.351 e. The maximum atomic E-state index is 5.95. The molecule has 0 saturated carbocycles. The van der Waals surface area contributed by atoms with E-state index >= 15 is 0 Å². The summed E-state index contributed by atoms with van der Waals surface area (Å²) in [5.41, 5.74) is 10.8. The monoisotopic (exact) mass is 480 g/mol. The summed E-state index contributed by atoms with van der Waals surface area (Å²) in [7, 11) is 0. The normalized spacial score (nSPS) is 17.6. The van der Waals surface area contributed by atoms with Crippen LogP contribution in [-0.2, 0) is 6.42 Å². The second kappa shape index (κ2) is 9.31. The number of rotatable bonds is 5. The van der Waals surface area contributed by atoms with E-state index in [2.05, 4.69) is 104 Å². The summed E-state index contributed by atoms with van der Waals surface area (Å²) in [5, 5.41) is 4.33. The quantitative estimate of drug-likeness (QED) is 0.317. The van der Waals surface area contributed by atoms with Gasteiger partial charge in [-0.2, -0.15) is 0 Å². The van der Waals surface area contributed by atoms with E-state index in [1.54, 1.807) is 0 Å². The molecule has 2 unspecified atom stereocenters. The zero-order chi connectivity index (χ0) is 24.7. The number of aryl methyl sites for hydroxylation is 4. The van der Waals surface area contributed by atoms with Crippen LogP contribution in [0.1, 0.15) is 58.3 Å². The molecular weight excluding hydrogens is 448 g/mol. The standard InChI is InChI=1S/C30H32N4S/c1-6-23-10-12-24(13-11-23)33-21(4)18-26(22(33)5)29-28(27-9-7-8-14-31-27)32-30(35)34(29)25-16-19(2)15-20(3)17-25/h7-18,28-29H,6H2,1-5H3,(H,32,35). The van der Waals surface area contributed by atoms with Gasteiger partial charge in [0.05, 0.1) is 17.8 Å². The van der Waals surface area contributed by atoms with Gasteiger partial charge in [-0.05, 0) is 111 Å². The molecule has 0 bridgehead atoms. The first-order chi connectivity index (χ1) is 16.9. The van der Waals surface area contributed by atoms with E-state index in [1.807, 2.05) is 18.3 Å². The molecule has 2 atom stereocenters. The van der Waals surface area contributed by atoms with E-state index in [0.717, 1.165) is 22.9 Å². The maximum Gasteiger partial charge on any atom is 0.174 e. The number of aromatic nitrogens is 2. The summed E-state index contributed by atoms with van der Waals surface area (Å²) < 4.78 is 2.35. The van der Waals surface area contributed by atoms with Gasteiger partial charge in [-0.15, -0.1) is 0 Å². The molecule has 5 heteroatoms. The summed E-state index contributed by atoms with van der Waals surface area (Å²) >= 11 is 5.95. The SMILES string of the molecule is CCc1ccc(-n2c(C)cc(C3C(c4ccccn4)NC(=S)N3c3cc(C)cc(C)c3)c2C)cc1. The van der Waals surface area contributed by atoms with Gasteiger partial charge in [0, 0.05) is 29.0 Å². The molecule has 0 radical (unpaired) electrons. The number of thiocarbonyl (C=S) groups is 1. The Morgan fingerprint density at radius 2 is 1.60 bits per heavy atom. The van der Waals surface area contributed by atoms with Gasteiger partial charge < -0.3 is 14.8 Å². The van der Waals surface area contributed by atoms with Crippen LogP contribution in [0.25, 0.3) is 5.69 Å². The van der Waals surface area contributed by atoms with Crippen LogP contribution in [-0.4, -0.2) is 14.7 Å². The Labute approximate surface area is 213 Å². The fourth-order valence-electron chi connectivity index (χ4n) is 5.40. The fraction of sp³-hybridized carbons (Fsp3) is 0.267. The molecule has 1 saturated heterocycles. The van der Waals surface area contributed by atoms with Crippen molar-refractivity contribution in [3.8, 4) is 5.69 Å². The molecule has 0 spiro atoms. The Morgan fingerprint density at radius 1 is 0.886 bits per heavy atom. The van der Waals surface area contributed by atoms with Crippen molar-refractivity contribution in [3.05, 3.63) is 112 Å². The summed E-state index contributed by atoms with van der Waals surface area (Å²) in [4.78, 5) is 6.99. The molecule has 2 aromatic carbocycles. The third kappa shape index (κ3) is 4.25. The molecule has 2 aromatic heterocycles. The first-order valence-electron chi connectivity index (χ1n) is 12.2. The predicted octanol–water partition coefficient (Wildman–Crippen LogP) is 6.85. The van der Waals surface area contributed by atoms with E-state index in [9.17, 15) is 0 Å². The van der Waals surface area contributed by atoms with Crippen LogP contribution in [0.3, 0.4) is 0 Å². The molecule has 1 N–H and O–H groups in total. The van der Waals surface area contributed by atoms with Crippen molar-refractivity contribution in [2.45, 2.75) is 53.1 Å². The number of nitrogens with zero attached hydrogens (tertiary/aromatic N) is 3. The molecule has 1 aliphatic heterocycles. The van der Waals surface area contributed by atoms with Gasteiger partial charge in [0.2, 0.25) is 0 Å². The van der Waals surface area contributed by atoms with Crippen LogP contribution >= 0.6 is 12.2 Å². The minimum atomic E-state index is -0.0547. The summed E-state index contributed by atoms with van der Waals surface area (Å²) in [6.45, 7) is 10.9. The van der Waals surface area contributed by atoms with Crippen LogP contribution in [0.5, 0.6) is 0 Å². The van der Waals surface area contributed by atoms with Crippen LogP contribution in [0.4, 0.5) is 5.69 Å². The molecule has 4 nitrogen and oxygen atoms in total. The van der Waals surface area contributed by atoms with Crippen molar-refractivity contribution < 1.29 is 0 Å². The Hall–Kier alpha value is -3.44. The lowest BCUT2D eigenvalue weighted by atomic mass is 9.96. The second-order valence-electron chi connectivity index (χ2n) is 9.52. The molecule has 1 fully saturated rings. The molecule has 3 heterocycles. The Morgan fingerprint density at radius 3 is 2.23 bits per heavy atom. The number of hydrogen-bond acceptors (Lipinski definition) is 2. The number of hydrogen-bond donors (Lipinski definition) is 1. The Kier molecular flexibility index (Phi) is 6.20. The zero-order valence-electron chi connectivity index (χ0n) is 21.0. The van der Waals surface area contributed by atoms with Gasteiger partial charge in [-0.25, -0.2) is 0 Å². The van der Waals surface area contributed by atoms with Crippen molar-refractivity contribution >= 4 is 23.0 Å². The summed E-state index contributed by atoms with van der Waals surface area (Å²) in [6.07, 6.45) is 2.89. The van der Waals surface area contributed by atoms with Crippen molar-refractivity contribution in [1.29, 1.82) is 0 Å². The van der Waals surface area contributed by atoms with Crippen LogP contribution < -0.4 is 10.2 Å². The van der Waals surface area contributed by atoms with Crippen molar-refractivity contribution in [2.24, 2.45) is 0 Å².